The molecule has 0 aliphatic heterocycles. The lowest BCUT2D eigenvalue weighted by Crippen LogP contribution is -2.14. The van der Waals surface area contributed by atoms with Crippen molar-refractivity contribution in [3.05, 3.63) is 77.3 Å². The second kappa shape index (κ2) is 9.96. The van der Waals surface area contributed by atoms with Gasteiger partial charge in [-0.05, 0) is 53.1 Å². The number of amides is 1. The standard InChI is InChI=1S/C23H23ClN2O3/c1-28-22-13-16(5-10-21(22)29-12-11-25)14-23(27)26-20-4-2-3-18(15-20)17-6-8-19(24)9-7-17/h2-10,13,15H,11-12,14,25H2,1H3,(H,26,27). The third kappa shape index (κ3) is 5.73. The number of rotatable bonds is 8. The summed E-state index contributed by atoms with van der Waals surface area (Å²) in [5, 5.41) is 3.63. The highest BCUT2D eigenvalue weighted by Gasteiger charge is 2.10. The molecule has 0 saturated carbocycles. The maximum atomic E-state index is 12.5. The number of nitrogens with one attached hydrogen (secondary N) is 1. The Morgan fingerprint density at radius 1 is 1.00 bits per heavy atom. The maximum absolute atomic E-state index is 12.5. The molecule has 5 nitrogen and oxygen atoms in total. The SMILES string of the molecule is COc1cc(CC(=O)Nc2cccc(-c3ccc(Cl)cc3)c2)ccc1OCCN. The molecule has 0 unspecified atom stereocenters. The Morgan fingerprint density at radius 2 is 1.79 bits per heavy atom. The van der Waals surface area contributed by atoms with E-state index in [2.05, 4.69) is 5.32 Å². The predicted octanol–water partition coefficient (Wildman–Crippen LogP) is 4.53. The van der Waals surface area contributed by atoms with Gasteiger partial charge >= 0.3 is 0 Å². The van der Waals surface area contributed by atoms with Crippen molar-refractivity contribution < 1.29 is 14.3 Å². The Labute approximate surface area is 175 Å². The van der Waals surface area contributed by atoms with E-state index in [1.54, 1.807) is 19.2 Å². The summed E-state index contributed by atoms with van der Waals surface area (Å²) in [5.74, 6) is 1.07. The summed E-state index contributed by atoms with van der Waals surface area (Å²) < 4.78 is 10.9. The van der Waals surface area contributed by atoms with Gasteiger partial charge in [0.05, 0.1) is 13.5 Å². The van der Waals surface area contributed by atoms with Crippen LogP contribution in [0.25, 0.3) is 11.1 Å². The number of nitrogens with two attached hydrogens (primary N) is 1. The molecule has 0 radical (unpaired) electrons. The molecule has 3 N–H and O–H groups in total. The number of carbonyl (C=O) groups is 1. The minimum absolute atomic E-state index is 0.115. The third-order valence-corrected chi connectivity index (χ3v) is 4.54. The molecule has 1 amide bonds. The second-order valence-corrected chi connectivity index (χ2v) is 6.87. The van der Waals surface area contributed by atoms with Gasteiger partial charge in [-0.2, -0.15) is 0 Å². The van der Waals surface area contributed by atoms with E-state index in [0.29, 0.717) is 29.7 Å². The molecular weight excluding hydrogens is 388 g/mol. The van der Waals surface area contributed by atoms with Crippen LogP contribution in [0, 0.1) is 0 Å². The summed E-state index contributed by atoms with van der Waals surface area (Å²) >= 11 is 5.95. The van der Waals surface area contributed by atoms with Gasteiger partial charge in [-0.25, -0.2) is 0 Å². The van der Waals surface area contributed by atoms with Crippen molar-refractivity contribution in [1.29, 1.82) is 0 Å². The molecule has 0 spiro atoms. The molecule has 0 bridgehead atoms. The Hall–Kier alpha value is -3.02. The van der Waals surface area contributed by atoms with E-state index in [0.717, 1.165) is 22.4 Å². The average molecular weight is 411 g/mol. The minimum atomic E-state index is -0.115. The molecule has 150 valence electrons. The van der Waals surface area contributed by atoms with Crippen LogP contribution in [0.15, 0.2) is 66.7 Å². The molecule has 0 aliphatic carbocycles. The van der Waals surface area contributed by atoms with Crippen LogP contribution in [0.4, 0.5) is 5.69 Å². The van der Waals surface area contributed by atoms with Crippen LogP contribution >= 0.6 is 11.6 Å². The monoisotopic (exact) mass is 410 g/mol. The molecule has 3 aromatic carbocycles. The fourth-order valence-corrected chi connectivity index (χ4v) is 3.05. The van der Waals surface area contributed by atoms with Gasteiger partial charge in [-0.15, -0.1) is 0 Å². The summed E-state index contributed by atoms with van der Waals surface area (Å²) in [5.41, 5.74) is 9.06. The second-order valence-electron chi connectivity index (χ2n) is 6.43. The van der Waals surface area contributed by atoms with E-state index >= 15 is 0 Å². The van der Waals surface area contributed by atoms with Crippen molar-refractivity contribution in [3.63, 3.8) is 0 Å². The van der Waals surface area contributed by atoms with E-state index in [-0.39, 0.29) is 12.3 Å². The van der Waals surface area contributed by atoms with Gasteiger partial charge in [0.25, 0.3) is 0 Å². The van der Waals surface area contributed by atoms with Crippen LogP contribution < -0.4 is 20.5 Å². The highest BCUT2D eigenvalue weighted by atomic mass is 35.5. The van der Waals surface area contributed by atoms with Gasteiger partial charge in [0, 0.05) is 17.3 Å². The van der Waals surface area contributed by atoms with E-state index in [1.165, 1.54) is 0 Å². The predicted molar refractivity (Wildman–Crippen MR) is 117 cm³/mol. The zero-order valence-electron chi connectivity index (χ0n) is 16.2. The molecule has 3 aromatic rings. The molecule has 6 heteroatoms. The van der Waals surface area contributed by atoms with Crippen LogP contribution in [-0.2, 0) is 11.2 Å². The van der Waals surface area contributed by atoms with Crippen molar-refractivity contribution in [2.75, 3.05) is 25.6 Å². The van der Waals surface area contributed by atoms with Crippen molar-refractivity contribution >= 4 is 23.2 Å². The van der Waals surface area contributed by atoms with Crippen LogP contribution in [-0.4, -0.2) is 26.2 Å². The van der Waals surface area contributed by atoms with Crippen LogP contribution in [0.2, 0.25) is 5.02 Å². The van der Waals surface area contributed by atoms with Gasteiger partial charge in [0.15, 0.2) is 11.5 Å². The summed E-state index contributed by atoms with van der Waals surface area (Å²) in [7, 11) is 1.57. The first-order chi connectivity index (χ1) is 14.1. The topological polar surface area (TPSA) is 73.6 Å². The lowest BCUT2D eigenvalue weighted by Gasteiger charge is -2.12. The first-order valence-corrected chi connectivity index (χ1v) is 9.62. The number of carbonyl (C=O) groups excluding carboxylic acids is 1. The van der Waals surface area contributed by atoms with Gasteiger partial charge in [0.2, 0.25) is 5.91 Å². The van der Waals surface area contributed by atoms with Crippen LogP contribution in [0.3, 0.4) is 0 Å². The normalized spacial score (nSPS) is 10.4. The van der Waals surface area contributed by atoms with Gasteiger partial charge in [-0.1, -0.05) is 41.9 Å². The first kappa shape index (κ1) is 20.7. The number of methoxy groups -OCH3 is 1. The molecule has 29 heavy (non-hydrogen) atoms. The van der Waals surface area contributed by atoms with E-state index in [4.69, 9.17) is 26.8 Å². The molecule has 0 fully saturated rings. The summed E-state index contributed by atoms with van der Waals surface area (Å²) in [6.07, 6.45) is 0.221. The molecule has 0 saturated heterocycles. The Morgan fingerprint density at radius 3 is 2.52 bits per heavy atom. The maximum Gasteiger partial charge on any atom is 0.228 e. The number of hydrogen-bond donors (Lipinski definition) is 2. The summed E-state index contributed by atoms with van der Waals surface area (Å²) in [6, 6.07) is 20.7. The zero-order chi connectivity index (χ0) is 20.6. The van der Waals surface area contributed by atoms with E-state index in [9.17, 15) is 4.79 Å². The highest BCUT2D eigenvalue weighted by molar-refractivity contribution is 6.30. The van der Waals surface area contributed by atoms with Crippen molar-refractivity contribution in [3.8, 4) is 22.6 Å². The van der Waals surface area contributed by atoms with Crippen molar-refractivity contribution in [2.24, 2.45) is 5.73 Å². The largest absolute Gasteiger partial charge is 0.493 e. The van der Waals surface area contributed by atoms with Crippen LogP contribution in [0.1, 0.15) is 5.56 Å². The quantitative estimate of drug-likeness (QED) is 0.572. The Bertz CT molecular complexity index is 974. The average Bonchev–Trinajstić information content (AvgIpc) is 2.73. The third-order valence-electron chi connectivity index (χ3n) is 4.29. The van der Waals surface area contributed by atoms with Gasteiger partial charge < -0.3 is 20.5 Å². The number of hydrogen-bond acceptors (Lipinski definition) is 4. The molecule has 0 aliphatic rings. The molecular formula is C23H23ClN2O3. The minimum Gasteiger partial charge on any atom is -0.493 e. The number of halogens is 1. The number of ether oxygens (including phenoxy) is 2. The lowest BCUT2D eigenvalue weighted by molar-refractivity contribution is -0.115. The highest BCUT2D eigenvalue weighted by Crippen LogP contribution is 2.28. The van der Waals surface area contributed by atoms with E-state index < -0.39 is 0 Å². The first-order valence-electron chi connectivity index (χ1n) is 9.24. The number of benzene rings is 3. The molecule has 0 aromatic heterocycles. The van der Waals surface area contributed by atoms with Crippen molar-refractivity contribution in [1.82, 2.24) is 0 Å². The fourth-order valence-electron chi connectivity index (χ4n) is 2.92. The van der Waals surface area contributed by atoms with Gasteiger partial charge in [0.1, 0.15) is 6.61 Å². The number of anilines is 1. The van der Waals surface area contributed by atoms with Gasteiger partial charge in [-0.3, -0.25) is 4.79 Å². The molecule has 3 rings (SSSR count). The van der Waals surface area contributed by atoms with Crippen LogP contribution in [0.5, 0.6) is 11.5 Å². The Balaban J connectivity index is 1.68. The fraction of sp³-hybridized carbons (Fsp3) is 0.174. The summed E-state index contributed by atoms with van der Waals surface area (Å²) in [4.78, 5) is 12.5. The Kier molecular flexibility index (Phi) is 7.11. The van der Waals surface area contributed by atoms with Crippen molar-refractivity contribution in [2.45, 2.75) is 6.42 Å². The molecule has 0 atom stereocenters. The smallest absolute Gasteiger partial charge is 0.228 e. The lowest BCUT2D eigenvalue weighted by atomic mass is 10.1. The van der Waals surface area contributed by atoms with E-state index in [1.807, 2.05) is 54.6 Å². The molecule has 0 heterocycles. The summed E-state index contributed by atoms with van der Waals surface area (Å²) in [6.45, 7) is 0.822. The zero-order valence-corrected chi connectivity index (χ0v) is 16.9.